The van der Waals surface area contributed by atoms with Crippen molar-refractivity contribution in [2.45, 2.75) is 26.3 Å². The molecule has 3 nitrogen and oxygen atoms in total. The highest BCUT2D eigenvalue weighted by molar-refractivity contribution is 9.11. The molecular weight excluding hydrogens is 312 g/mol. The number of carbonyl (C=O) groups is 1. The summed E-state index contributed by atoms with van der Waals surface area (Å²) in [6.07, 6.45) is 2.13. The van der Waals surface area contributed by atoms with E-state index in [1.807, 2.05) is 11.0 Å². The van der Waals surface area contributed by atoms with Crippen molar-refractivity contribution in [3.05, 3.63) is 20.8 Å². The van der Waals surface area contributed by atoms with Gasteiger partial charge >= 0.3 is 0 Å². The van der Waals surface area contributed by atoms with E-state index < -0.39 is 0 Å². The van der Waals surface area contributed by atoms with E-state index in [1.54, 1.807) is 11.3 Å². The molecule has 1 aliphatic rings. The molecule has 0 unspecified atom stereocenters. The number of piperidine rings is 1. The first-order valence-corrected chi connectivity index (χ1v) is 8.05. The highest BCUT2D eigenvalue weighted by Gasteiger charge is 2.25. The van der Waals surface area contributed by atoms with E-state index in [1.165, 1.54) is 4.88 Å². The number of thiophene rings is 1. The number of nitrogens with one attached hydrogen (secondary N) is 1. The van der Waals surface area contributed by atoms with Crippen LogP contribution < -0.4 is 5.32 Å². The summed E-state index contributed by atoms with van der Waals surface area (Å²) in [7, 11) is 0. The molecule has 1 aromatic rings. The van der Waals surface area contributed by atoms with Crippen molar-refractivity contribution in [2.75, 3.05) is 19.6 Å². The third kappa shape index (κ3) is 3.56. The van der Waals surface area contributed by atoms with Gasteiger partial charge in [0.25, 0.3) is 0 Å². The summed E-state index contributed by atoms with van der Waals surface area (Å²) in [6.45, 7) is 5.46. The number of hydrogen-bond donors (Lipinski definition) is 1. The maximum Gasteiger partial charge on any atom is 0.227 e. The van der Waals surface area contributed by atoms with Gasteiger partial charge in [0.05, 0.1) is 16.2 Å². The number of carbonyl (C=O) groups excluding carboxylic acids is 1. The number of halogens is 1. The van der Waals surface area contributed by atoms with Crippen LogP contribution in [0.1, 0.15) is 24.6 Å². The van der Waals surface area contributed by atoms with Crippen LogP contribution >= 0.6 is 27.3 Å². The Kier molecular flexibility index (Phi) is 5.21. The molecule has 1 saturated heterocycles. The minimum atomic E-state index is 0.169. The molecule has 1 atom stereocenters. The summed E-state index contributed by atoms with van der Waals surface area (Å²) in [6, 6.07) is 4.13. The summed E-state index contributed by atoms with van der Waals surface area (Å²) in [4.78, 5) is 15.6. The number of rotatable bonds is 4. The molecule has 0 spiro atoms. The predicted octanol–water partition coefficient (Wildman–Crippen LogP) is 2.86. The molecule has 0 aromatic carbocycles. The average Bonchev–Trinajstić information content (AvgIpc) is 2.82. The lowest BCUT2D eigenvalue weighted by molar-refractivity contribution is -0.136. The highest BCUT2D eigenvalue weighted by atomic mass is 79.9. The van der Waals surface area contributed by atoms with Gasteiger partial charge in [0.15, 0.2) is 0 Å². The third-order valence-electron chi connectivity index (χ3n) is 3.32. The van der Waals surface area contributed by atoms with E-state index >= 15 is 0 Å². The number of nitrogens with zero attached hydrogens (tertiary/aromatic N) is 1. The second-order valence-electron chi connectivity index (χ2n) is 4.60. The van der Waals surface area contributed by atoms with Crippen LogP contribution in [-0.4, -0.2) is 30.4 Å². The van der Waals surface area contributed by atoms with Crippen molar-refractivity contribution in [1.29, 1.82) is 0 Å². The Morgan fingerprint density at radius 3 is 3.00 bits per heavy atom. The smallest absolute Gasteiger partial charge is 0.227 e. The summed E-state index contributed by atoms with van der Waals surface area (Å²) in [5.74, 6) is 0.469. The lowest BCUT2D eigenvalue weighted by Gasteiger charge is -2.28. The van der Waals surface area contributed by atoms with E-state index in [-0.39, 0.29) is 5.92 Å². The molecule has 1 amide bonds. The van der Waals surface area contributed by atoms with Crippen LogP contribution in [0.2, 0.25) is 0 Å². The molecule has 2 heterocycles. The molecule has 0 bridgehead atoms. The molecule has 2 rings (SSSR count). The van der Waals surface area contributed by atoms with Crippen LogP contribution in [0.5, 0.6) is 0 Å². The fraction of sp³-hybridized carbons (Fsp3) is 0.615. The minimum absolute atomic E-state index is 0.169. The Morgan fingerprint density at radius 1 is 1.61 bits per heavy atom. The van der Waals surface area contributed by atoms with Crippen LogP contribution in [0.25, 0.3) is 0 Å². The van der Waals surface area contributed by atoms with Gasteiger partial charge in [-0.25, -0.2) is 0 Å². The molecule has 1 N–H and O–H groups in total. The molecule has 0 aliphatic carbocycles. The Bertz CT molecular complexity index is 401. The minimum Gasteiger partial charge on any atom is -0.338 e. The van der Waals surface area contributed by atoms with E-state index in [2.05, 4.69) is 34.2 Å². The number of amides is 1. The van der Waals surface area contributed by atoms with Gasteiger partial charge in [-0.3, -0.25) is 4.79 Å². The molecule has 0 saturated carbocycles. The summed E-state index contributed by atoms with van der Waals surface area (Å²) in [5.41, 5.74) is 0. The quantitative estimate of drug-likeness (QED) is 0.920. The van der Waals surface area contributed by atoms with Gasteiger partial charge in [-0.1, -0.05) is 0 Å². The topological polar surface area (TPSA) is 32.3 Å². The molecule has 1 aliphatic heterocycles. The van der Waals surface area contributed by atoms with Crippen LogP contribution in [0.3, 0.4) is 0 Å². The Balaban J connectivity index is 1.96. The lowest BCUT2D eigenvalue weighted by Crippen LogP contribution is -2.42. The largest absolute Gasteiger partial charge is 0.338 e. The molecule has 5 heteroatoms. The first kappa shape index (κ1) is 14.0. The Hall–Kier alpha value is -0.390. The summed E-state index contributed by atoms with van der Waals surface area (Å²) >= 11 is 5.17. The second kappa shape index (κ2) is 6.68. The van der Waals surface area contributed by atoms with Gasteiger partial charge < -0.3 is 10.2 Å². The van der Waals surface area contributed by atoms with Crippen molar-refractivity contribution < 1.29 is 4.79 Å². The first-order valence-electron chi connectivity index (χ1n) is 6.44. The van der Waals surface area contributed by atoms with Gasteiger partial charge in [0, 0.05) is 18.0 Å². The van der Waals surface area contributed by atoms with E-state index in [9.17, 15) is 4.79 Å². The lowest BCUT2D eigenvalue weighted by atomic mass is 9.98. The zero-order valence-electron chi connectivity index (χ0n) is 10.6. The maximum atomic E-state index is 12.4. The van der Waals surface area contributed by atoms with Gasteiger partial charge in [-0.15, -0.1) is 11.3 Å². The Morgan fingerprint density at radius 2 is 2.44 bits per heavy atom. The molecule has 1 fully saturated rings. The monoisotopic (exact) mass is 330 g/mol. The molecular formula is C13H19BrN2OS. The predicted molar refractivity (Wildman–Crippen MR) is 78.7 cm³/mol. The van der Waals surface area contributed by atoms with Crippen LogP contribution in [0.15, 0.2) is 15.9 Å². The molecule has 0 radical (unpaired) electrons. The van der Waals surface area contributed by atoms with Crippen molar-refractivity contribution in [3.8, 4) is 0 Å². The second-order valence-corrected chi connectivity index (χ2v) is 7.15. The molecule has 100 valence electrons. The maximum absolute atomic E-state index is 12.4. The van der Waals surface area contributed by atoms with Crippen LogP contribution in [0.4, 0.5) is 0 Å². The van der Waals surface area contributed by atoms with E-state index in [0.29, 0.717) is 5.91 Å². The van der Waals surface area contributed by atoms with Crippen molar-refractivity contribution in [2.24, 2.45) is 5.92 Å². The zero-order valence-corrected chi connectivity index (χ0v) is 13.0. The fourth-order valence-corrected chi connectivity index (χ4v) is 3.79. The van der Waals surface area contributed by atoms with Crippen molar-refractivity contribution in [1.82, 2.24) is 10.2 Å². The molecule has 1 aromatic heterocycles. The van der Waals surface area contributed by atoms with E-state index in [4.69, 9.17) is 0 Å². The van der Waals surface area contributed by atoms with Gasteiger partial charge in [-0.2, -0.15) is 0 Å². The fourth-order valence-electron chi connectivity index (χ4n) is 2.29. The normalized spacial score (nSPS) is 19.8. The summed E-state index contributed by atoms with van der Waals surface area (Å²) < 4.78 is 1.13. The zero-order chi connectivity index (χ0) is 13.0. The number of hydrogen-bond acceptors (Lipinski definition) is 3. The third-order valence-corrected chi connectivity index (χ3v) is 4.92. The SMILES string of the molecule is CCN(Cc1ccc(Br)s1)C(=O)[C@@H]1CCCNC1. The average molecular weight is 331 g/mol. The van der Waals surface area contributed by atoms with Gasteiger partial charge in [0.1, 0.15) is 0 Å². The van der Waals surface area contributed by atoms with Crippen molar-refractivity contribution in [3.63, 3.8) is 0 Å². The summed E-state index contributed by atoms with van der Waals surface area (Å²) in [5, 5.41) is 3.31. The standard InChI is InChI=1S/C13H19BrN2OS/c1-2-16(9-11-5-6-12(14)18-11)13(17)10-4-3-7-15-8-10/h5-6,10,15H,2-4,7-9H2,1H3/t10-/m1/s1. The van der Waals surface area contributed by atoms with Crippen LogP contribution in [-0.2, 0) is 11.3 Å². The highest BCUT2D eigenvalue weighted by Crippen LogP contribution is 2.24. The van der Waals surface area contributed by atoms with Crippen LogP contribution in [0, 0.1) is 5.92 Å². The van der Waals surface area contributed by atoms with E-state index in [0.717, 1.165) is 42.8 Å². The van der Waals surface area contributed by atoms with Gasteiger partial charge in [-0.05, 0) is 54.4 Å². The van der Waals surface area contributed by atoms with Gasteiger partial charge in [0.2, 0.25) is 5.91 Å². The van der Waals surface area contributed by atoms with Crippen molar-refractivity contribution >= 4 is 33.2 Å². The first-order chi connectivity index (χ1) is 8.70. The Labute approximate surface area is 121 Å². The molecule has 18 heavy (non-hydrogen) atoms.